The zero-order valence-electron chi connectivity index (χ0n) is 12.7. The maximum atomic E-state index is 11.6. The summed E-state index contributed by atoms with van der Waals surface area (Å²) in [5.74, 6) is 0.104. The molecule has 0 radical (unpaired) electrons. The number of hydrogen-bond acceptors (Lipinski definition) is 2. The molecule has 0 saturated carbocycles. The molecular formula is C18H17N3O. The summed E-state index contributed by atoms with van der Waals surface area (Å²) in [5, 5.41) is 2.98. The van der Waals surface area contributed by atoms with Gasteiger partial charge in [0, 0.05) is 29.6 Å². The van der Waals surface area contributed by atoms with E-state index in [1.54, 1.807) is 0 Å². The number of aromatic nitrogens is 2. The van der Waals surface area contributed by atoms with Gasteiger partial charge in [-0.15, -0.1) is 0 Å². The van der Waals surface area contributed by atoms with Gasteiger partial charge >= 0.3 is 0 Å². The smallest absolute Gasteiger partial charge is 0.224 e. The van der Waals surface area contributed by atoms with E-state index < -0.39 is 0 Å². The second-order valence-corrected chi connectivity index (χ2v) is 5.85. The number of amides is 1. The first-order valence-electron chi connectivity index (χ1n) is 7.51. The number of carbonyl (C=O) groups excluding carboxylic acids is 1. The van der Waals surface area contributed by atoms with E-state index in [1.807, 2.05) is 31.3 Å². The molecule has 22 heavy (non-hydrogen) atoms. The number of imidazole rings is 1. The lowest BCUT2D eigenvalue weighted by atomic mass is 9.95. The van der Waals surface area contributed by atoms with E-state index in [0.29, 0.717) is 6.42 Å². The van der Waals surface area contributed by atoms with Crippen LogP contribution in [0.1, 0.15) is 23.2 Å². The average molecular weight is 291 g/mol. The Morgan fingerprint density at radius 3 is 2.86 bits per heavy atom. The van der Waals surface area contributed by atoms with Crippen molar-refractivity contribution in [2.75, 3.05) is 5.32 Å². The number of pyridine rings is 1. The number of aryl methyl sites for hydroxylation is 3. The van der Waals surface area contributed by atoms with Gasteiger partial charge in [-0.25, -0.2) is 4.98 Å². The molecule has 4 rings (SSSR count). The van der Waals surface area contributed by atoms with Gasteiger partial charge in [0.05, 0.1) is 5.69 Å². The molecule has 4 heteroatoms. The van der Waals surface area contributed by atoms with Crippen molar-refractivity contribution >= 4 is 17.2 Å². The molecule has 0 fully saturated rings. The Morgan fingerprint density at radius 2 is 2.05 bits per heavy atom. The zero-order valence-corrected chi connectivity index (χ0v) is 12.7. The van der Waals surface area contributed by atoms with Crippen LogP contribution in [0.2, 0.25) is 0 Å². The average Bonchev–Trinajstić information content (AvgIpc) is 2.85. The number of carbonyl (C=O) groups is 1. The molecule has 0 unspecified atom stereocenters. The molecule has 1 aromatic carbocycles. The van der Waals surface area contributed by atoms with Gasteiger partial charge < -0.3 is 9.72 Å². The van der Waals surface area contributed by atoms with Crippen LogP contribution < -0.4 is 5.32 Å². The van der Waals surface area contributed by atoms with Crippen LogP contribution in [0.4, 0.5) is 5.69 Å². The van der Waals surface area contributed by atoms with Crippen LogP contribution in [-0.2, 0) is 11.2 Å². The van der Waals surface area contributed by atoms with Crippen molar-refractivity contribution < 1.29 is 4.79 Å². The SMILES string of the molecule is Cc1cc(-c2nc3ccccn3c2C)cc2c1NC(=O)CC2. The van der Waals surface area contributed by atoms with E-state index >= 15 is 0 Å². The van der Waals surface area contributed by atoms with Crippen molar-refractivity contribution in [1.82, 2.24) is 9.38 Å². The predicted octanol–water partition coefficient (Wildman–Crippen LogP) is 3.50. The first-order chi connectivity index (χ1) is 10.6. The van der Waals surface area contributed by atoms with Crippen molar-refractivity contribution in [2.24, 2.45) is 0 Å². The second-order valence-electron chi connectivity index (χ2n) is 5.85. The van der Waals surface area contributed by atoms with E-state index in [0.717, 1.165) is 40.3 Å². The van der Waals surface area contributed by atoms with E-state index in [9.17, 15) is 4.79 Å². The fraction of sp³-hybridized carbons (Fsp3) is 0.222. The first kappa shape index (κ1) is 13.1. The van der Waals surface area contributed by atoms with E-state index in [2.05, 4.69) is 28.8 Å². The minimum Gasteiger partial charge on any atom is -0.326 e. The van der Waals surface area contributed by atoms with Crippen molar-refractivity contribution in [2.45, 2.75) is 26.7 Å². The van der Waals surface area contributed by atoms with Crippen molar-refractivity contribution in [3.8, 4) is 11.3 Å². The predicted molar refractivity (Wildman–Crippen MR) is 87.1 cm³/mol. The molecule has 1 amide bonds. The third-order valence-electron chi connectivity index (χ3n) is 4.35. The fourth-order valence-electron chi connectivity index (χ4n) is 3.21. The van der Waals surface area contributed by atoms with Crippen LogP contribution in [0.15, 0.2) is 36.5 Å². The molecule has 1 N–H and O–H groups in total. The minimum atomic E-state index is 0.104. The molecule has 110 valence electrons. The van der Waals surface area contributed by atoms with Crippen LogP contribution in [0, 0.1) is 13.8 Å². The van der Waals surface area contributed by atoms with E-state index in [4.69, 9.17) is 4.98 Å². The third-order valence-corrected chi connectivity index (χ3v) is 4.35. The Hall–Kier alpha value is -2.62. The van der Waals surface area contributed by atoms with Crippen molar-refractivity contribution in [3.05, 3.63) is 53.3 Å². The summed E-state index contributed by atoms with van der Waals surface area (Å²) in [6.45, 7) is 4.13. The van der Waals surface area contributed by atoms with Gasteiger partial charge in [0.15, 0.2) is 0 Å². The van der Waals surface area contributed by atoms with E-state index in [-0.39, 0.29) is 5.91 Å². The van der Waals surface area contributed by atoms with Crippen LogP contribution in [-0.4, -0.2) is 15.3 Å². The van der Waals surface area contributed by atoms with Gasteiger partial charge in [0.1, 0.15) is 5.65 Å². The summed E-state index contributed by atoms with van der Waals surface area (Å²) in [4.78, 5) is 16.3. The number of nitrogens with one attached hydrogen (secondary N) is 1. The van der Waals surface area contributed by atoms with Crippen LogP contribution in [0.25, 0.3) is 16.9 Å². The van der Waals surface area contributed by atoms with Gasteiger partial charge in [0.25, 0.3) is 0 Å². The molecular weight excluding hydrogens is 274 g/mol. The Labute approximate surface area is 128 Å². The number of rotatable bonds is 1. The normalized spacial score (nSPS) is 14.0. The highest BCUT2D eigenvalue weighted by molar-refractivity contribution is 5.95. The summed E-state index contributed by atoms with van der Waals surface area (Å²) in [6.07, 6.45) is 3.38. The lowest BCUT2D eigenvalue weighted by Gasteiger charge is -2.20. The summed E-state index contributed by atoms with van der Waals surface area (Å²) in [7, 11) is 0. The summed E-state index contributed by atoms with van der Waals surface area (Å²) in [6, 6.07) is 10.3. The number of nitrogens with zero attached hydrogens (tertiary/aromatic N) is 2. The minimum absolute atomic E-state index is 0.104. The molecule has 3 aromatic rings. The van der Waals surface area contributed by atoms with Crippen LogP contribution in [0.5, 0.6) is 0 Å². The highest BCUT2D eigenvalue weighted by Crippen LogP contribution is 2.33. The fourth-order valence-corrected chi connectivity index (χ4v) is 3.21. The molecule has 0 atom stereocenters. The Kier molecular flexibility index (Phi) is 2.79. The standard InChI is InChI=1S/C18H17N3O/c1-11-9-14(10-13-6-7-16(22)20-17(11)13)18-12(2)21-8-4-3-5-15(21)19-18/h3-5,8-10H,6-7H2,1-2H3,(H,20,22). The molecule has 2 aromatic heterocycles. The summed E-state index contributed by atoms with van der Waals surface area (Å²) < 4.78 is 2.10. The molecule has 0 saturated heterocycles. The van der Waals surface area contributed by atoms with Crippen molar-refractivity contribution in [1.29, 1.82) is 0 Å². The summed E-state index contributed by atoms with van der Waals surface area (Å²) >= 11 is 0. The van der Waals surface area contributed by atoms with Gasteiger partial charge in [-0.2, -0.15) is 0 Å². The first-order valence-corrected chi connectivity index (χ1v) is 7.51. The Bertz CT molecular complexity index is 908. The van der Waals surface area contributed by atoms with Gasteiger partial charge in [0.2, 0.25) is 5.91 Å². The van der Waals surface area contributed by atoms with E-state index in [1.165, 1.54) is 5.56 Å². The second kappa shape index (κ2) is 4.70. The monoisotopic (exact) mass is 291 g/mol. The Balaban J connectivity index is 1.90. The van der Waals surface area contributed by atoms with Gasteiger partial charge in [-0.05, 0) is 55.7 Å². The van der Waals surface area contributed by atoms with Crippen LogP contribution >= 0.6 is 0 Å². The highest BCUT2D eigenvalue weighted by atomic mass is 16.1. The molecule has 3 heterocycles. The molecule has 0 spiro atoms. The lowest BCUT2D eigenvalue weighted by molar-refractivity contribution is -0.116. The number of fused-ring (bicyclic) bond motifs is 2. The highest BCUT2D eigenvalue weighted by Gasteiger charge is 2.19. The van der Waals surface area contributed by atoms with Gasteiger partial charge in [-0.3, -0.25) is 4.79 Å². The van der Waals surface area contributed by atoms with Crippen LogP contribution in [0.3, 0.4) is 0 Å². The molecule has 4 nitrogen and oxygen atoms in total. The lowest BCUT2D eigenvalue weighted by Crippen LogP contribution is -2.19. The quantitative estimate of drug-likeness (QED) is 0.746. The maximum Gasteiger partial charge on any atom is 0.224 e. The molecule has 0 bridgehead atoms. The largest absolute Gasteiger partial charge is 0.326 e. The summed E-state index contributed by atoms with van der Waals surface area (Å²) in [5.41, 5.74) is 7.49. The number of benzene rings is 1. The maximum absolute atomic E-state index is 11.6. The topological polar surface area (TPSA) is 46.4 Å². The zero-order chi connectivity index (χ0) is 15.3. The molecule has 1 aliphatic heterocycles. The van der Waals surface area contributed by atoms with Crippen molar-refractivity contribution in [3.63, 3.8) is 0 Å². The van der Waals surface area contributed by atoms with Gasteiger partial charge in [-0.1, -0.05) is 6.07 Å². The number of anilines is 1. The molecule has 0 aliphatic carbocycles. The molecule has 1 aliphatic rings. The third kappa shape index (κ3) is 1.91. The number of hydrogen-bond donors (Lipinski definition) is 1. The Morgan fingerprint density at radius 1 is 1.18 bits per heavy atom.